The van der Waals surface area contributed by atoms with Gasteiger partial charge in [0.15, 0.2) is 5.83 Å². The fourth-order valence-electron chi connectivity index (χ4n) is 1.50. The zero-order valence-electron chi connectivity index (χ0n) is 15.5. The van der Waals surface area contributed by atoms with Crippen LogP contribution in [0.1, 0.15) is 0 Å². The SMILES string of the molecule is C=C(F)C(F)(F)OC(F)(C(F)(F)F)C(F)(F)OC(F)(C(F)(F)F)C(F)(F)OC(F)(C(=O)O)C(F)(F)F. The van der Waals surface area contributed by atoms with Crippen LogP contribution in [0.25, 0.3) is 0 Å². The minimum absolute atomic E-state index is 1.28. The first-order chi connectivity index (χ1) is 15.3. The highest BCUT2D eigenvalue weighted by atomic mass is 19.4. The molecule has 0 aromatic rings. The van der Waals surface area contributed by atoms with Crippen LogP contribution >= 0.6 is 0 Å². The van der Waals surface area contributed by atoms with E-state index in [2.05, 4.69) is 0 Å². The molecule has 5 nitrogen and oxygen atoms in total. The highest BCUT2D eigenvalue weighted by Crippen LogP contribution is 2.57. The van der Waals surface area contributed by atoms with E-state index in [1.165, 1.54) is 16.1 Å². The standard InChI is InChI=1S/C12H3F19O5/c1-2(13)5(15,16)35-6(17,9(22,23)24)12(30,31)36-7(18,10(25,26)27)11(28,29)34-4(14,3(32)33)8(19,20)21/h1H2,(H,32,33). The maximum absolute atomic E-state index is 14.0. The second-order valence-corrected chi connectivity index (χ2v) is 5.85. The van der Waals surface area contributed by atoms with Gasteiger partial charge in [0.05, 0.1) is 0 Å². The van der Waals surface area contributed by atoms with Gasteiger partial charge in [-0.2, -0.15) is 79.0 Å². The molecule has 24 heteroatoms. The third-order valence-corrected chi connectivity index (χ3v) is 3.24. The second-order valence-electron chi connectivity index (χ2n) is 5.85. The Morgan fingerprint density at radius 2 is 0.861 bits per heavy atom. The maximum Gasteiger partial charge on any atom is 0.460 e. The van der Waals surface area contributed by atoms with Crippen LogP contribution in [0, 0.1) is 0 Å². The molecule has 0 radical (unpaired) electrons. The summed E-state index contributed by atoms with van der Waals surface area (Å²) in [4.78, 5) is 10.2. The van der Waals surface area contributed by atoms with Crippen molar-refractivity contribution in [3.8, 4) is 0 Å². The van der Waals surface area contributed by atoms with Gasteiger partial charge in [-0.25, -0.2) is 9.18 Å². The van der Waals surface area contributed by atoms with Gasteiger partial charge in [0.25, 0.3) is 0 Å². The molecule has 0 heterocycles. The lowest BCUT2D eigenvalue weighted by atomic mass is 10.2. The topological polar surface area (TPSA) is 65.0 Å². The molecule has 3 atom stereocenters. The van der Waals surface area contributed by atoms with Crippen LogP contribution in [0.2, 0.25) is 0 Å². The van der Waals surface area contributed by atoms with Crippen molar-refractivity contribution < 1.29 is 108 Å². The Morgan fingerprint density at radius 3 is 1.11 bits per heavy atom. The van der Waals surface area contributed by atoms with Crippen LogP contribution in [0.5, 0.6) is 0 Å². The van der Waals surface area contributed by atoms with Gasteiger partial charge < -0.3 is 5.11 Å². The summed E-state index contributed by atoms with van der Waals surface area (Å²) in [6.07, 6.45) is -46.5. The largest absolute Gasteiger partial charge is 0.477 e. The molecule has 0 aliphatic rings. The average molecular weight is 588 g/mol. The Morgan fingerprint density at radius 1 is 0.556 bits per heavy atom. The number of carbonyl (C=O) groups is 1. The van der Waals surface area contributed by atoms with E-state index >= 15 is 0 Å². The van der Waals surface area contributed by atoms with E-state index in [1.807, 2.05) is 0 Å². The summed E-state index contributed by atoms with van der Waals surface area (Å²) in [5.41, 5.74) is 0. The summed E-state index contributed by atoms with van der Waals surface area (Å²) in [5.74, 6) is -31.5. The molecule has 214 valence electrons. The molecule has 0 aromatic carbocycles. The first-order valence-corrected chi connectivity index (χ1v) is 7.35. The number of hydrogen-bond donors (Lipinski definition) is 1. The molecular weight excluding hydrogens is 585 g/mol. The number of ether oxygens (including phenoxy) is 3. The summed E-state index contributed by atoms with van der Waals surface area (Å²) in [6.45, 7) is 1.45. The average Bonchev–Trinajstić information content (AvgIpc) is 2.56. The smallest absolute Gasteiger partial charge is 0.460 e. The van der Waals surface area contributed by atoms with Crippen LogP contribution in [0.15, 0.2) is 12.4 Å². The van der Waals surface area contributed by atoms with E-state index in [0.29, 0.717) is 0 Å². The number of carboxylic acids is 1. The van der Waals surface area contributed by atoms with Crippen LogP contribution in [-0.4, -0.2) is 65.5 Å². The van der Waals surface area contributed by atoms with Crippen molar-refractivity contribution in [2.45, 2.75) is 54.4 Å². The number of rotatable bonds is 10. The fourth-order valence-corrected chi connectivity index (χ4v) is 1.50. The van der Waals surface area contributed by atoms with Gasteiger partial charge in [0.1, 0.15) is 0 Å². The van der Waals surface area contributed by atoms with Crippen LogP contribution in [0.4, 0.5) is 83.4 Å². The minimum atomic E-state index is -8.32. The van der Waals surface area contributed by atoms with Crippen molar-refractivity contribution in [3.05, 3.63) is 12.4 Å². The van der Waals surface area contributed by atoms with E-state index in [9.17, 15) is 88.2 Å². The maximum atomic E-state index is 14.0. The molecule has 0 amide bonds. The highest BCUT2D eigenvalue weighted by Gasteiger charge is 2.86. The van der Waals surface area contributed by atoms with Crippen molar-refractivity contribution in [3.63, 3.8) is 0 Å². The number of aliphatic carboxylic acids is 1. The number of hydrogen-bond acceptors (Lipinski definition) is 4. The summed E-state index contributed by atoms with van der Waals surface area (Å²) in [7, 11) is 0. The number of halogens is 19. The fraction of sp³-hybridized carbons (Fsp3) is 0.750. The molecule has 0 aliphatic heterocycles. The quantitative estimate of drug-likeness (QED) is 0.315. The molecular formula is C12H3F19O5. The highest BCUT2D eigenvalue weighted by molar-refractivity contribution is 5.76. The first-order valence-electron chi connectivity index (χ1n) is 7.35. The molecule has 0 aromatic heterocycles. The molecule has 0 aliphatic carbocycles. The van der Waals surface area contributed by atoms with Crippen LogP contribution in [-0.2, 0) is 19.0 Å². The lowest BCUT2D eigenvalue weighted by Gasteiger charge is -2.41. The minimum Gasteiger partial charge on any atom is -0.477 e. The number of carboxylic acid groups (broad SMARTS) is 1. The van der Waals surface area contributed by atoms with Gasteiger partial charge in [-0.15, -0.1) is 0 Å². The molecule has 0 saturated heterocycles. The van der Waals surface area contributed by atoms with Gasteiger partial charge in [-0.3, -0.25) is 14.2 Å². The molecule has 0 bridgehead atoms. The zero-order chi connectivity index (χ0) is 29.8. The van der Waals surface area contributed by atoms with Gasteiger partial charge in [0, 0.05) is 0 Å². The summed E-state index contributed by atoms with van der Waals surface area (Å²) < 4.78 is 251. The third-order valence-electron chi connectivity index (χ3n) is 3.24. The summed E-state index contributed by atoms with van der Waals surface area (Å²) in [6, 6.07) is 0. The van der Waals surface area contributed by atoms with Crippen LogP contribution in [0.3, 0.4) is 0 Å². The molecule has 0 rings (SSSR count). The van der Waals surface area contributed by atoms with Gasteiger partial charge >= 0.3 is 60.4 Å². The van der Waals surface area contributed by atoms with Crippen molar-refractivity contribution in [2.24, 2.45) is 0 Å². The van der Waals surface area contributed by atoms with E-state index < -0.39 is 66.2 Å². The third kappa shape index (κ3) is 5.68. The molecule has 0 fully saturated rings. The van der Waals surface area contributed by atoms with E-state index in [0.717, 1.165) is 0 Å². The molecule has 0 saturated carbocycles. The lowest BCUT2D eigenvalue weighted by molar-refractivity contribution is -0.566. The lowest BCUT2D eigenvalue weighted by Crippen LogP contribution is -2.69. The van der Waals surface area contributed by atoms with Crippen molar-refractivity contribution in [1.82, 2.24) is 0 Å². The first kappa shape index (κ1) is 33.8. The van der Waals surface area contributed by atoms with Gasteiger partial charge in [-0.05, 0) is 0 Å². The summed E-state index contributed by atoms with van der Waals surface area (Å²) in [5, 5.41) is 7.95. The van der Waals surface area contributed by atoms with Gasteiger partial charge in [0.2, 0.25) is 0 Å². The Balaban J connectivity index is 7.05. The van der Waals surface area contributed by atoms with Crippen molar-refractivity contribution in [1.29, 1.82) is 0 Å². The molecule has 3 unspecified atom stereocenters. The van der Waals surface area contributed by atoms with Gasteiger partial charge in [-0.1, -0.05) is 6.58 Å². The zero-order valence-corrected chi connectivity index (χ0v) is 15.5. The summed E-state index contributed by atoms with van der Waals surface area (Å²) >= 11 is 0. The molecule has 1 N–H and O–H groups in total. The Bertz CT molecular complexity index is 845. The van der Waals surface area contributed by atoms with E-state index in [1.54, 1.807) is 4.74 Å². The predicted octanol–water partition coefficient (Wildman–Crippen LogP) is 6.07. The Hall–Kier alpha value is -2.24. The molecule has 36 heavy (non-hydrogen) atoms. The van der Waals surface area contributed by atoms with Crippen molar-refractivity contribution >= 4 is 5.97 Å². The predicted molar refractivity (Wildman–Crippen MR) is 65.7 cm³/mol. The Kier molecular flexibility index (Phi) is 8.39. The van der Waals surface area contributed by atoms with E-state index in [-0.39, 0.29) is 0 Å². The second kappa shape index (κ2) is 8.95. The van der Waals surface area contributed by atoms with Crippen LogP contribution < -0.4 is 0 Å². The van der Waals surface area contributed by atoms with E-state index in [4.69, 9.17) is 5.11 Å². The Labute approximate surface area is 182 Å². The number of alkyl halides is 18. The van der Waals surface area contributed by atoms with Crippen molar-refractivity contribution in [2.75, 3.05) is 0 Å². The monoisotopic (exact) mass is 588 g/mol. The normalized spacial score (nSPS) is 19.8. The molecule has 0 spiro atoms.